The molecule has 0 spiro atoms. The lowest BCUT2D eigenvalue weighted by atomic mass is 10.1. The summed E-state index contributed by atoms with van der Waals surface area (Å²) in [4.78, 5) is 0. The Morgan fingerprint density at radius 1 is 1.17 bits per heavy atom. The predicted molar refractivity (Wildman–Crippen MR) is 67.5 cm³/mol. The van der Waals surface area contributed by atoms with E-state index in [1.54, 1.807) is 7.11 Å². The smallest absolute Gasteiger partial charge is 0.162 e. The Balaban J connectivity index is 2.02. The minimum absolute atomic E-state index is 0.402. The van der Waals surface area contributed by atoms with Crippen LogP contribution in [0.2, 0.25) is 0 Å². The molecule has 0 atom stereocenters. The fraction of sp³-hybridized carbons (Fsp3) is 0.357. The van der Waals surface area contributed by atoms with Gasteiger partial charge in [-0.25, -0.2) is 0 Å². The van der Waals surface area contributed by atoms with Crippen molar-refractivity contribution in [2.45, 2.75) is 27.1 Å². The van der Waals surface area contributed by atoms with Crippen LogP contribution in [0.5, 0.6) is 5.75 Å². The summed E-state index contributed by atoms with van der Waals surface area (Å²) in [6.45, 7) is 4.89. The predicted octanol–water partition coefficient (Wildman–Crippen LogP) is 3.02. The number of ether oxygens (including phenoxy) is 2. The number of methoxy groups -OCH3 is 1. The van der Waals surface area contributed by atoms with E-state index in [0.29, 0.717) is 19.0 Å². The zero-order valence-corrected chi connectivity index (χ0v) is 10.9. The summed E-state index contributed by atoms with van der Waals surface area (Å²) >= 11 is 0. The van der Waals surface area contributed by atoms with Crippen LogP contribution in [0.25, 0.3) is 0 Å². The maximum atomic E-state index is 5.78. The highest BCUT2D eigenvalue weighted by atomic mass is 16.5. The molecule has 0 aliphatic rings. The molecule has 0 aliphatic heterocycles. The van der Waals surface area contributed by atoms with Gasteiger partial charge in [-0.15, -0.1) is 0 Å². The Kier molecular flexibility index (Phi) is 3.99. The third-order valence-corrected chi connectivity index (χ3v) is 2.67. The van der Waals surface area contributed by atoms with Crippen molar-refractivity contribution in [3.8, 4) is 5.75 Å². The second-order valence-electron chi connectivity index (χ2n) is 4.23. The third kappa shape index (κ3) is 2.90. The van der Waals surface area contributed by atoms with Crippen LogP contribution in [0.1, 0.15) is 22.6 Å². The zero-order valence-electron chi connectivity index (χ0n) is 10.9. The lowest BCUT2D eigenvalue weighted by Crippen LogP contribution is -1.98. The second kappa shape index (κ2) is 5.69. The number of benzene rings is 1. The van der Waals surface area contributed by atoms with Crippen LogP contribution in [-0.2, 0) is 18.0 Å². The Labute approximate surface area is 107 Å². The van der Waals surface area contributed by atoms with Crippen LogP contribution in [0.15, 0.2) is 28.8 Å². The quantitative estimate of drug-likeness (QED) is 0.814. The summed E-state index contributed by atoms with van der Waals surface area (Å²) in [6, 6.07) is 7.92. The number of aromatic nitrogens is 1. The summed E-state index contributed by atoms with van der Waals surface area (Å²) < 4.78 is 15.8. The van der Waals surface area contributed by atoms with Gasteiger partial charge < -0.3 is 14.0 Å². The summed E-state index contributed by atoms with van der Waals surface area (Å²) in [6.07, 6.45) is 0. The molecule has 0 saturated heterocycles. The van der Waals surface area contributed by atoms with Crippen LogP contribution in [0.4, 0.5) is 0 Å². The van der Waals surface area contributed by atoms with Crippen molar-refractivity contribution in [2.75, 3.05) is 7.11 Å². The molecule has 0 amide bonds. The van der Waals surface area contributed by atoms with E-state index in [1.165, 1.54) is 0 Å². The van der Waals surface area contributed by atoms with Gasteiger partial charge in [0.2, 0.25) is 0 Å². The van der Waals surface area contributed by atoms with E-state index >= 15 is 0 Å². The Morgan fingerprint density at radius 2 is 1.89 bits per heavy atom. The molecule has 0 aliphatic carbocycles. The maximum Gasteiger partial charge on any atom is 0.162 e. The topological polar surface area (TPSA) is 44.5 Å². The number of hydrogen-bond acceptors (Lipinski definition) is 4. The molecule has 0 N–H and O–H groups in total. The molecule has 0 saturated carbocycles. The van der Waals surface area contributed by atoms with Gasteiger partial charge in [-0.05, 0) is 25.0 Å². The number of para-hydroxylation sites is 1. The van der Waals surface area contributed by atoms with Crippen LogP contribution in [0, 0.1) is 13.8 Å². The van der Waals surface area contributed by atoms with Crippen molar-refractivity contribution in [1.29, 1.82) is 0 Å². The number of aryl methyl sites for hydroxylation is 2. The summed E-state index contributed by atoms with van der Waals surface area (Å²) in [5.74, 6) is 1.62. The Hall–Kier alpha value is -1.81. The first-order valence-electron chi connectivity index (χ1n) is 5.83. The van der Waals surface area contributed by atoms with Crippen LogP contribution < -0.4 is 4.74 Å². The average molecular weight is 247 g/mol. The minimum atomic E-state index is 0.402. The molecule has 18 heavy (non-hydrogen) atoms. The molecular formula is C14H17NO3. The number of hydrogen-bond donors (Lipinski definition) is 0. The molecule has 0 unspecified atom stereocenters. The Bertz CT molecular complexity index is 499. The molecule has 1 aromatic carbocycles. The van der Waals surface area contributed by atoms with Crippen molar-refractivity contribution in [3.63, 3.8) is 0 Å². The molecule has 0 fully saturated rings. The molecule has 96 valence electrons. The first-order valence-corrected chi connectivity index (χ1v) is 5.83. The maximum absolute atomic E-state index is 5.78. The molecule has 4 heteroatoms. The van der Waals surface area contributed by atoms with Gasteiger partial charge in [-0.2, -0.15) is 0 Å². The minimum Gasteiger partial charge on any atom is -0.487 e. The second-order valence-corrected chi connectivity index (χ2v) is 4.23. The Morgan fingerprint density at radius 3 is 2.56 bits per heavy atom. The van der Waals surface area contributed by atoms with E-state index in [9.17, 15) is 0 Å². The van der Waals surface area contributed by atoms with E-state index in [4.69, 9.17) is 14.0 Å². The van der Waals surface area contributed by atoms with Crippen molar-refractivity contribution in [3.05, 3.63) is 46.8 Å². The fourth-order valence-corrected chi connectivity index (χ4v) is 1.81. The number of nitrogens with zero attached hydrogens (tertiary/aromatic N) is 1. The third-order valence-electron chi connectivity index (χ3n) is 2.67. The highest BCUT2D eigenvalue weighted by molar-refractivity contribution is 5.39. The largest absolute Gasteiger partial charge is 0.487 e. The summed E-state index contributed by atoms with van der Waals surface area (Å²) in [7, 11) is 1.62. The molecule has 0 bridgehead atoms. The van der Waals surface area contributed by atoms with Gasteiger partial charge in [0.05, 0.1) is 0 Å². The average Bonchev–Trinajstić information content (AvgIpc) is 2.77. The standard InChI is InChI=1S/C14H17NO3/c1-10-5-4-6-11(2)14(10)17-8-12-7-13(9-16-3)18-15-12/h4-7H,8-9H2,1-3H3. The van der Waals surface area contributed by atoms with E-state index < -0.39 is 0 Å². The van der Waals surface area contributed by atoms with Gasteiger partial charge >= 0.3 is 0 Å². The molecule has 1 heterocycles. The highest BCUT2D eigenvalue weighted by Crippen LogP contribution is 2.23. The van der Waals surface area contributed by atoms with Gasteiger partial charge in [-0.3, -0.25) is 0 Å². The molecule has 4 nitrogen and oxygen atoms in total. The van der Waals surface area contributed by atoms with Crippen LogP contribution in [0.3, 0.4) is 0 Å². The molecule has 2 aromatic rings. The van der Waals surface area contributed by atoms with Crippen molar-refractivity contribution >= 4 is 0 Å². The molecular weight excluding hydrogens is 230 g/mol. The van der Waals surface area contributed by atoms with E-state index in [1.807, 2.05) is 38.1 Å². The van der Waals surface area contributed by atoms with Crippen molar-refractivity contribution < 1.29 is 14.0 Å². The van der Waals surface area contributed by atoms with Gasteiger partial charge in [0.1, 0.15) is 24.7 Å². The highest BCUT2D eigenvalue weighted by Gasteiger charge is 2.07. The van der Waals surface area contributed by atoms with Crippen molar-refractivity contribution in [1.82, 2.24) is 5.16 Å². The summed E-state index contributed by atoms with van der Waals surface area (Å²) in [5, 5.41) is 3.93. The van der Waals surface area contributed by atoms with Gasteiger partial charge in [0, 0.05) is 13.2 Å². The van der Waals surface area contributed by atoms with Gasteiger partial charge in [0.25, 0.3) is 0 Å². The first-order chi connectivity index (χ1) is 8.70. The zero-order chi connectivity index (χ0) is 13.0. The lowest BCUT2D eigenvalue weighted by molar-refractivity contribution is 0.155. The monoisotopic (exact) mass is 247 g/mol. The molecule has 1 aromatic heterocycles. The number of rotatable bonds is 5. The summed E-state index contributed by atoms with van der Waals surface area (Å²) in [5.41, 5.74) is 3.01. The van der Waals surface area contributed by atoms with Gasteiger partial charge in [0.15, 0.2) is 5.76 Å². The molecule has 2 rings (SSSR count). The van der Waals surface area contributed by atoms with E-state index in [2.05, 4.69) is 5.16 Å². The van der Waals surface area contributed by atoms with Crippen LogP contribution in [-0.4, -0.2) is 12.3 Å². The van der Waals surface area contributed by atoms with E-state index in [-0.39, 0.29) is 0 Å². The SMILES string of the molecule is COCc1cc(COc2c(C)cccc2C)no1. The molecule has 0 radical (unpaired) electrons. The normalized spacial score (nSPS) is 10.6. The van der Waals surface area contributed by atoms with Crippen molar-refractivity contribution in [2.24, 2.45) is 0 Å². The van der Waals surface area contributed by atoms with E-state index in [0.717, 1.165) is 22.6 Å². The fourth-order valence-electron chi connectivity index (χ4n) is 1.81. The first kappa shape index (κ1) is 12.6. The van der Waals surface area contributed by atoms with Gasteiger partial charge in [-0.1, -0.05) is 23.4 Å². The lowest BCUT2D eigenvalue weighted by Gasteiger charge is -2.10. The van der Waals surface area contributed by atoms with Crippen LogP contribution >= 0.6 is 0 Å².